The average molecular weight is 444 g/mol. The Morgan fingerprint density at radius 2 is 1.88 bits per heavy atom. The zero-order valence-electron chi connectivity index (χ0n) is 19.9. The molecule has 0 spiro atoms. The second kappa shape index (κ2) is 10.4. The largest absolute Gasteiger partial charge is 0.507 e. The van der Waals surface area contributed by atoms with E-state index in [4.69, 9.17) is 9.47 Å². The molecule has 1 amide bonds. The summed E-state index contributed by atoms with van der Waals surface area (Å²) in [6.45, 7) is 7.67. The van der Waals surface area contributed by atoms with Crippen LogP contribution in [0.1, 0.15) is 51.5 Å². The van der Waals surface area contributed by atoms with E-state index in [0.29, 0.717) is 35.3 Å². The number of benzene rings is 1. The van der Waals surface area contributed by atoms with E-state index in [-0.39, 0.29) is 29.9 Å². The summed E-state index contributed by atoms with van der Waals surface area (Å²) >= 11 is 0. The van der Waals surface area contributed by atoms with Crippen LogP contribution in [0.25, 0.3) is 0 Å². The number of likely N-dealkylation sites (tertiary alicyclic amines) is 1. The van der Waals surface area contributed by atoms with Crippen LogP contribution in [0.2, 0.25) is 0 Å². The Hall–Kier alpha value is -2.47. The van der Waals surface area contributed by atoms with Crippen LogP contribution in [-0.2, 0) is 4.79 Å². The summed E-state index contributed by atoms with van der Waals surface area (Å²) in [5, 5.41) is 20.8. The summed E-state index contributed by atoms with van der Waals surface area (Å²) in [4.78, 5) is 15.4. The number of hydrogen-bond acceptors (Lipinski definition) is 5. The number of aliphatic hydroxyl groups is 1. The van der Waals surface area contributed by atoms with Gasteiger partial charge in [-0.2, -0.15) is 0 Å². The highest BCUT2D eigenvalue weighted by molar-refractivity contribution is 5.78. The maximum atomic E-state index is 13.4. The average Bonchev–Trinajstić information content (AvgIpc) is 2.76. The van der Waals surface area contributed by atoms with Crippen molar-refractivity contribution in [2.75, 3.05) is 27.3 Å². The Bertz CT molecular complexity index is 865. The lowest BCUT2D eigenvalue weighted by atomic mass is 9.77. The van der Waals surface area contributed by atoms with Gasteiger partial charge in [-0.3, -0.25) is 4.79 Å². The third-order valence-electron chi connectivity index (χ3n) is 6.70. The predicted molar refractivity (Wildman–Crippen MR) is 125 cm³/mol. The van der Waals surface area contributed by atoms with Crippen molar-refractivity contribution in [3.63, 3.8) is 0 Å². The summed E-state index contributed by atoms with van der Waals surface area (Å²) in [5.74, 6) is 1.88. The molecule has 176 valence electrons. The monoisotopic (exact) mass is 443 g/mol. The number of phenolic OH excluding ortho intramolecular Hbond substituents is 1. The molecule has 2 N–H and O–H groups in total. The van der Waals surface area contributed by atoms with E-state index < -0.39 is 6.10 Å². The minimum absolute atomic E-state index is 0.00529. The van der Waals surface area contributed by atoms with Crippen molar-refractivity contribution >= 4 is 5.91 Å². The molecular formula is C26H37NO5. The number of rotatable bonds is 7. The van der Waals surface area contributed by atoms with Gasteiger partial charge in [0.25, 0.3) is 0 Å². The molecule has 0 saturated carbocycles. The number of aromatic hydroxyl groups is 1. The Labute approximate surface area is 191 Å². The molecule has 3 rings (SSSR count). The lowest BCUT2D eigenvalue weighted by Crippen LogP contribution is -2.43. The number of carbonyl (C=O) groups excluding carboxylic acids is 1. The fourth-order valence-corrected chi connectivity index (χ4v) is 5.16. The molecule has 6 nitrogen and oxygen atoms in total. The van der Waals surface area contributed by atoms with Gasteiger partial charge in [0.2, 0.25) is 5.91 Å². The number of methoxy groups -OCH3 is 2. The molecule has 1 fully saturated rings. The minimum Gasteiger partial charge on any atom is -0.507 e. The molecule has 1 aromatic carbocycles. The van der Waals surface area contributed by atoms with Crippen LogP contribution in [0, 0.1) is 17.8 Å². The first kappa shape index (κ1) is 24.2. The highest BCUT2D eigenvalue weighted by Crippen LogP contribution is 2.45. The van der Waals surface area contributed by atoms with Gasteiger partial charge >= 0.3 is 0 Å². The summed E-state index contributed by atoms with van der Waals surface area (Å²) < 4.78 is 10.9. The van der Waals surface area contributed by atoms with Crippen LogP contribution < -0.4 is 9.47 Å². The quantitative estimate of drug-likeness (QED) is 0.658. The Morgan fingerprint density at radius 1 is 1.19 bits per heavy atom. The van der Waals surface area contributed by atoms with E-state index in [9.17, 15) is 15.0 Å². The van der Waals surface area contributed by atoms with E-state index in [0.717, 1.165) is 25.1 Å². The fourth-order valence-electron chi connectivity index (χ4n) is 5.16. The number of carbonyl (C=O) groups is 1. The van der Waals surface area contributed by atoms with Crippen molar-refractivity contribution in [3.05, 3.63) is 41.5 Å². The maximum Gasteiger partial charge on any atom is 0.223 e. The van der Waals surface area contributed by atoms with E-state index in [2.05, 4.69) is 13.8 Å². The molecule has 1 aromatic rings. The van der Waals surface area contributed by atoms with Crippen LogP contribution in [0.3, 0.4) is 0 Å². The SMILES string of the molecule is COc1cc(O)c([C@H](CC(=O)N2CC(C)C[C@@H](C)C2)C2C=CC(C(C)O)=CC2)c(OC)c1. The number of hydrogen-bond donors (Lipinski definition) is 2. The smallest absolute Gasteiger partial charge is 0.223 e. The van der Waals surface area contributed by atoms with E-state index in [1.54, 1.807) is 33.3 Å². The minimum atomic E-state index is -0.535. The first-order valence-electron chi connectivity index (χ1n) is 11.5. The number of ether oxygens (including phenoxy) is 2. The standard InChI is InChI=1S/C26H37NO5/c1-16-10-17(2)15-27(14-16)25(30)13-22(20-8-6-19(7-9-20)18(3)28)26-23(29)11-21(31-4)12-24(26)32-5/h6-8,11-12,16-18,20,22,28-29H,9-10,13-15H2,1-5H3/t16-,17?,18?,20?,22-/m1/s1. The lowest BCUT2D eigenvalue weighted by Gasteiger charge is -2.37. The van der Waals surface area contributed by atoms with Crippen LogP contribution in [-0.4, -0.2) is 54.4 Å². The molecule has 0 bridgehead atoms. The van der Waals surface area contributed by atoms with Crippen molar-refractivity contribution in [2.24, 2.45) is 17.8 Å². The molecular weight excluding hydrogens is 406 g/mol. The van der Waals surface area contributed by atoms with E-state index >= 15 is 0 Å². The number of nitrogens with zero attached hydrogens (tertiary/aromatic N) is 1. The molecule has 1 aliphatic heterocycles. The molecule has 1 saturated heterocycles. The number of amides is 1. The maximum absolute atomic E-state index is 13.4. The van der Waals surface area contributed by atoms with Crippen LogP contribution in [0.4, 0.5) is 0 Å². The van der Waals surface area contributed by atoms with Crippen molar-refractivity contribution in [3.8, 4) is 17.2 Å². The third kappa shape index (κ3) is 5.47. The van der Waals surface area contributed by atoms with Crippen LogP contribution in [0.15, 0.2) is 35.9 Å². The Morgan fingerprint density at radius 3 is 2.41 bits per heavy atom. The van der Waals surface area contributed by atoms with Gasteiger partial charge in [-0.1, -0.05) is 32.1 Å². The number of aliphatic hydroxyl groups excluding tert-OH is 1. The van der Waals surface area contributed by atoms with Crippen molar-refractivity contribution < 1.29 is 24.5 Å². The lowest BCUT2D eigenvalue weighted by molar-refractivity contribution is -0.134. The van der Waals surface area contributed by atoms with Crippen molar-refractivity contribution in [1.29, 1.82) is 0 Å². The number of phenols is 1. The van der Waals surface area contributed by atoms with Gasteiger partial charge in [0.05, 0.1) is 20.3 Å². The molecule has 5 atom stereocenters. The summed E-state index contributed by atoms with van der Waals surface area (Å²) in [5.41, 5.74) is 1.50. The predicted octanol–water partition coefficient (Wildman–Crippen LogP) is 4.27. The van der Waals surface area contributed by atoms with Gasteiger partial charge < -0.3 is 24.6 Å². The summed E-state index contributed by atoms with van der Waals surface area (Å²) in [6.07, 6.45) is 7.55. The highest BCUT2D eigenvalue weighted by Gasteiger charge is 2.33. The second-order valence-electron chi connectivity index (χ2n) is 9.46. The highest BCUT2D eigenvalue weighted by atomic mass is 16.5. The molecule has 6 heteroatoms. The van der Waals surface area contributed by atoms with Crippen LogP contribution >= 0.6 is 0 Å². The Kier molecular flexibility index (Phi) is 7.88. The van der Waals surface area contributed by atoms with Gasteiger partial charge in [-0.05, 0) is 43.1 Å². The van der Waals surface area contributed by atoms with Crippen molar-refractivity contribution in [1.82, 2.24) is 4.90 Å². The zero-order valence-corrected chi connectivity index (χ0v) is 19.9. The molecule has 1 heterocycles. The summed E-state index contributed by atoms with van der Waals surface area (Å²) in [6, 6.07) is 3.32. The van der Waals surface area contributed by atoms with Crippen LogP contribution in [0.5, 0.6) is 17.2 Å². The van der Waals surface area contributed by atoms with Gasteiger partial charge in [-0.15, -0.1) is 0 Å². The number of piperidine rings is 1. The second-order valence-corrected chi connectivity index (χ2v) is 9.46. The van der Waals surface area contributed by atoms with Gasteiger partial charge in [-0.25, -0.2) is 0 Å². The topological polar surface area (TPSA) is 79.2 Å². The zero-order chi connectivity index (χ0) is 23.4. The summed E-state index contributed by atoms with van der Waals surface area (Å²) in [7, 11) is 3.10. The first-order chi connectivity index (χ1) is 15.2. The third-order valence-corrected chi connectivity index (χ3v) is 6.70. The van der Waals surface area contributed by atoms with E-state index in [1.807, 2.05) is 23.1 Å². The molecule has 3 unspecified atom stereocenters. The molecule has 1 aliphatic carbocycles. The molecule has 32 heavy (non-hydrogen) atoms. The van der Waals surface area contributed by atoms with Gasteiger partial charge in [0.1, 0.15) is 17.2 Å². The molecule has 2 aliphatic rings. The number of allylic oxidation sites excluding steroid dienone is 2. The first-order valence-corrected chi connectivity index (χ1v) is 11.5. The van der Waals surface area contributed by atoms with E-state index in [1.165, 1.54) is 0 Å². The Balaban J connectivity index is 1.94. The molecule has 0 aromatic heterocycles. The van der Waals surface area contributed by atoms with Crippen molar-refractivity contribution in [2.45, 2.75) is 52.1 Å². The van der Waals surface area contributed by atoms with Gasteiger partial charge in [0.15, 0.2) is 0 Å². The molecule has 0 radical (unpaired) electrons. The van der Waals surface area contributed by atoms with Gasteiger partial charge in [0, 0.05) is 43.1 Å². The normalized spacial score (nSPS) is 25.1. The fraction of sp³-hybridized carbons (Fsp3) is 0.577.